The Bertz CT molecular complexity index is 506. The normalized spacial score (nSPS) is 17.8. The highest BCUT2D eigenvalue weighted by atomic mass is 32.2. The number of hydrogen-bond acceptors (Lipinski definition) is 4. The van der Waals surface area contributed by atoms with Crippen molar-refractivity contribution in [3.05, 3.63) is 35.6 Å². The molecule has 1 unspecified atom stereocenters. The second kappa shape index (κ2) is 7.45. The van der Waals surface area contributed by atoms with E-state index in [4.69, 9.17) is 4.74 Å². The molecular formula is C15H18FNO3S. The molecule has 6 heteroatoms. The molecule has 1 aromatic carbocycles. The number of amides is 1. The van der Waals surface area contributed by atoms with Gasteiger partial charge in [-0.05, 0) is 24.6 Å². The zero-order chi connectivity index (χ0) is 15.2. The molecule has 0 saturated carbocycles. The maximum atomic E-state index is 13.0. The molecule has 21 heavy (non-hydrogen) atoms. The number of hydrogen-bond donors (Lipinski definition) is 0. The van der Waals surface area contributed by atoms with Crippen LogP contribution in [0, 0.1) is 5.82 Å². The Kier molecular flexibility index (Phi) is 5.61. The maximum Gasteiger partial charge on any atom is 0.306 e. The highest BCUT2D eigenvalue weighted by molar-refractivity contribution is 7.99. The smallest absolute Gasteiger partial charge is 0.306 e. The fraction of sp³-hybridized carbons (Fsp3) is 0.467. The summed E-state index contributed by atoms with van der Waals surface area (Å²) in [4.78, 5) is 25.3. The minimum absolute atomic E-state index is 0.0672. The summed E-state index contributed by atoms with van der Waals surface area (Å²) in [5.74, 6) is 0.132. The van der Waals surface area contributed by atoms with Crippen LogP contribution >= 0.6 is 11.8 Å². The second-order valence-corrected chi connectivity index (χ2v) is 5.85. The molecule has 1 heterocycles. The largest absolute Gasteiger partial charge is 0.466 e. The van der Waals surface area contributed by atoms with Crippen molar-refractivity contribution in [1.29, 1.82) is 0 Å². The first-order chi connectivity index (χ1) is 10.1. The van der Waals surface area contributed by atoms with Gasteiger partial charge in [-0.1, -0.05) is 12.1 Å². The van der Waals surface area contributed by atoms with Gasteiger partial charge in [-0.3, -0.25) is 9.59 Å². The third kappa shape index (κ3) is 4.20. The predicted octanol–water partition coefficient (Wildman–Crippen LogP) is 2.74. The number of rotatable bonds is 5. The Morgan fingerprint density at radius 1 is 1.33 bits per heavy atom. The quantitative estimate of drug-likeness (QED) is 0.785. The summed E-state index contributed by atoms with van der Waals surface area (Å²) < 4.78 is 17.8. The number of esters is 1. The third-order valence-electron chi connectivity index (χ3n) is 3.21. The molecule has 1 atom stereocenters. The van der Waals surface area contributed by atoms with E-state index >= 15 is 0 Å². The predicted molar refractivity (Wildman–Crippen MR) is 79.2 cm³/mol. The van der Waals surface area contributed by atoms with Gasteiger partial charge in [-0.15, -0.1) is 11.8 Å². The van der Waals surface area contributed by atoms with Gasteiger partial charge in [0.2, 0.25) is 5.91 Å². The number of carbonyl (C=O) groups excluding carboxylic acids is 2. The molecular weight excluding hydrogens is 293 g/mol. The Morgan fingerprint density at radius 2 is 2.05 bits per heavy atom. The lowest BCUT2D eigenvalue weighted by molar-refractivity contribution is -0.145. The van der Waals surface area contributed by atoms with Gasteiger partial charge in [0, 0.05) is 18.7 Å². The Hall–Kier alpha value is -1.56. The molecule has 4 nitrogen and oxygen atoms in total. The standard InChI is InChI=1S/C15H18FNO3S/c1-2-20-14(19)8-7-13(18)17-9-10-21-15(17)11-3-5-12(16)6-4-11/h3-6,15H,2,7-10H2,1H3. The zero-order valence-electron chi connectivity index (χ0n) is 11.9. The summed E-state index contributed by atoms with van der Waals surface area (Å²) in [6, 6.07) is 6.19. The summed E-state index contributed by atoms with van der Waals surface area (Å²) in [7, 11) is 0. The van der Waals surface area contributed by atoms with Crippen molar-refractivity contribution >= 4 is 23.6 Å². The molecule has 1 saturated heterocycles. The van der Waals surface area contributed by atoms with E-state index in [0.717, 1.165) is 11.3 Å². The highest BCUT2D eigenvalue weighted by Gasteiger charge is 2.30. The van der Waals surface area contributed by atoms with E-state index in [1.54, 1.807) is 35.7 Å². The molecule has 1 amide bonds. The average Bonchev–Trinajstić information content (AvgIpc) is 2.95. The first kappa shape index (κ1) is 15.8. The molecule has 0 N–H and O–H groups in total. The van der Waals surface area contributed by atoms with Crippen LogP contribution in [0.1, 0.15) is 30.7 Å². The summed E-state index contributed by atoms with van der Waals surface area (Å²) in [5.41, 5.74) is 0.906. The molecule has 114 valence electrons. The van der Waals surface area contributed by atoms with Crippen molar-refractivity contribution in [2.75, 3.05) is 18.9 Å². The van der Waals surface area contributed by atoms with Crippen LogP contribution < -0.4 is 0 Å². The van der Waals surface area contributed by atoms with Crippen LogP contribution in [-0.4, -0.2) is 35.7 Å². The monoisotopic (exact) mass is 311 g/mol. The van der Waals surface area contributed by atoms with Gasteiger partial charge in [0.25, 0.3) is 0 Å². The summed E-state index contributed by atoms with van der Waals surface area (Å²) in [5, 5.41) is -0.0969. The molecule has 0 radical (unpaired) electrons. The van der Waals surface area contributed by atoms with Crippen LogP contribution in [0.5, 0.6) is 0 Å². The molecule has 0 bridgehead atoms. The van der Waals surface area contributed by atoms with Crippen molar-refractivity contribution in [2.45, 2.75) is 25.1 Å². The molecule has 0 aliphatic carbocycles. The van der Waals surface area contributed by atoms with Gasteiger partial charge in [0.05, 0.1) is 13.0 Å². The van der Waals surface area contributed by atoms with E-state index in [-0.39, 0.29) is 35.9 Å². The van der Waals surface area contributed by atoms with Gasteiger partial charge >= 0.3 is 5.97 Å². The molecule has 1 aromatic rings. The van der Waals surface area contributed by atoms with Crippen LogP contribution in [0.25, 0.3) is 0 Å². The van der Waals surface area contributed by atoms with Crippen LogP contribution in [0.4, 0.5) is 4.39 Å². The highest BCUT2D eigenvalue weighted by Crippen LogP contribution is 2.38. The maximum absolute atomic E-state index is 13.0. The van der Waals surface area contributed by atoms with Crippen molar-refractivity contribution in [1.82, 2.24) is 4.90 Å². The summed E-state index contributed by atoms with van der Waals surface area (Å²) in [6.45, 7) is 2.71. The lowest BCUT2D eigenvalue weighted by Gasteiger charge is -2.24. The van der Waals surface area contributed by atoms with E-state index in [0.29, 0.717) is 13.2 Å². The lowest BCUT2D eigenvalue weighted by Crippen LogP contribution is -2.30. The SMILES string of the molecule is CCOC(=O)CCC(=O)N1CCSC1c1ccc(F)cc1. The lowest BCUT2D eigenvalue weighted by atomic mass is 10.2. The topological polar surface area (TPSA) is 46.6 Å². The van der Waals surface area contributed by atoms with Gasteiger partial charge in [0.15, 0.2) is 0 Å². The Labute approximate surface area is 127 Å². The van der Waals surface area contributed by atoms with Crippen molar-refractivity contribution < 1.29 is 18.7 Å². The molecule has 0 spiro atoms. The van der Waals surface area contributed by atoms with Crippen LogP contribution in [0.3, 0.4) is 0 Å². The van der Waals surface area contributed by atoms with E-state index < -0.39 is 0 Å². The van der Waals surface area contributed by atoms with E-state index in [9.17, 15) is 14.0 Å². The third-order valence-corrected chi connectivity index (χ3v) is 4.48. The molecule has 1 fully saturated rings. The van der Waals surface area contributed by atoms with E-state index in [1.807, 2.05) is 0 Å². The number of thioether (sulfide) groups is 1. The second-order valence-electron chi connectivity index (χ2n) is 4.67. The summed E-state index contributed by atoms with van der Waals surface area (Å²) in [6.07, 6.45) is 0.251. The minimum Gasteiger partial charge on any atom is -0.466 e. The number of halogens is 1. The van der Waals surface area contributed by atoms with Gasteiger partial charge in [-0.2, -0.15) is 0 Å². The van der Waals surface area contributed by atoms with E-state index in [1.165, 1.54) is 12.1 Å². The molecule has 1 aliphatic rings. The number of carbonyl (C=O) groups is 2. The zero-order valence-corrected chi connectivity index (χ0v) is 12.7. The fourth-order valence-corrected chi connectivity index (χ4v) is 3.49. The number of ether oxygens (including phenoxy) is 1. The van der Waals surface area contributed by atoms with Crippen molar-refractivity contribution in [3.8, 4) is 0 Å². The number of nitrogens with zero attached hydrogens (tertiary/aromatic N) is 1. The Balaban J connectivity index is 1.96. The van der Waals surface area contributed by atoms with Crippen LogP contribution in [0.2, 0.25) is 0 Å². The van der Waals surface area contributed by atoms with Crippen LogP contribution in [-0.2, 0) is 14.3 Å². The molecule has 2 rings (SSSR count). The van der Waals surface area contributed by atoms with Gasteiger partial charge in [0.1, 0.15) is 11.2 Å². The Morgan fingerprint density at radius 3 is 2.71 bits per heavy atom. The first-order valence-corrected chi connectivity index (χ1v) is 7.99. The fourth-order valence-electron chi connectivity index (χ4n) is 2.21. The van der Waals surface area contributed by atoms with Crippen LogP contribution in [0.15, 0.2) is 24.3 Å². The van der Waals surface area contributed by atoms with Gasteiger partial charge < -0.3 is 9.64 Å². The van der Waals surface area contributed by atoms with Crippen molar-refractivity contribution in [3.63, 3.8) is 0 Å². The summed E-state index contributed by atoms with van der Waals surface area (Å²) >= 11 is 1.65. The van der Waals surface area contributed by atoms with Crippen molar-refractivity contribution in [2.24, 2.45) is 0 Å². The average molecular weight is 311 g/mol. The molecule has 0 aromatic heterocycles. The number of benzene rings is 1. The van der Waals surface area contributed by atoms with E-state index in [2.05, 4.69) is 0 Å². The van der Waals surface area contributed by atoms with Gasteiger partial charge in [-0.25, -0.2) is 4.39 Å². The minimum atomic E-state index is -0.351. The first-order valence-electron chi connectivity index (χ1n) is 6.94. The molecule has 1 aliphatic heterocycles.